The SMILES string of the molecule is [B]C1CN([B])CC(CC)O1. The molecule has 0 aromatic carbocycles. The first kappa shape index (κ1) is 8.15. The van der Waals surface area contributed by atoms with Crippen LogP contribution in [0, 0.1) is 0 Å². The monoisotopic (exact) mass is 135 g/mol. The molecule has 1 aliphatic heterocycles. The van der Waals surface area contributed by atoms with Crippen LogP contribution in [-0.4, -0.2) is 45.8 Å². The lowest BCUT2D eigenvalue weighted by Crippen LogP contribution is -2.46. The minimum Gasteiger partial charge on any atom is -0.382 e. The van der Waals surface area contributed by atoms with Crippen LogP contribution in [0.25, 0.3) is 0 Å². The maximum atomic E-state index is 5.56. The molecule has 2 atom stereocenters. The van der Waals surface area contributed by atoms with Gasteiger partial charge < -0.3 is 9.55 Å². The van der Waals surface area contributed by atoms with Gasteiger partial charge in [-0.1, -0.05) is 6.92 Å². The Bertz CT molecular complexity index is 102. The lowest BCUT2D eigenvalue weighted by Gasteiger charge is -2.34. The molecule has 10 heavy (non-hydrogen) atoms. The number of rotatable bonds is 1. The van der Waals surface area contributed by atoms with Gasteiger partial charge in [0.25, 0.3) is 0 Å². The van der Waals surface area contributed by atoms with E-state index in [-0.39, 0.29) is 12.1 Å². The highest BCUT2D eigenvalue weighted by Crippen LogP contribution is 2.09. The standard InChI is InChI=1S/C6H11B2NO/c1-2-5-3-9(8)4-6(7)10-5/h5-6H,2-4H2,1H3. The Morgan fingerprint density at radius 3 is 2.80 bits per heavy atom. The second kappa shape index (κ2) is 3.44. The fraction of sp³-hybridized carbons (Fsp3) is 1.00. The molecule has 2 unspecified atom stereocenters. The lowest BCUT2D eigenvalue weighted by atomic mass is 9.95. The zero-order valence-corrected chi connectivity index (χ0v) is 6.29. The van der Waals surface area contributed by atoms with Crippen LogP contribution < -0.4 is 0 Å². The zero-order valence-electron chi connectivity index (χ0n) is 6.29. The van der Waals surface area contributed by atoms with Gasteiger partial charge in [-0.15, -0.1) is 0 Å². The quantitative estimate of drug-likeness (QED) is 0.456. The number of hydrogen-bond acceptors (Lipinski definition) is 2. The predicted octanol–water partition coefficient (Wildman–Crippen LogP) is -0.325. The molecule has 1 fully saturated rings. The highest BCUT2D eigenvalue weighted by Gasteiger charge is 2.19. The highest BCUT2D eigenvalue weighted by atomic mass is 16.5. The van der Waals surface area contributed by atoms with Crippen molar-refractivity contribution in [3.05, 3.63) is 0 Å². The van der Waals surface area contributed by atoms with Gasteiger partial charge in [0.05, 0.1) is 6.10 Å². The minimum absolute atomic E-state index is 0.205. The first-order chi connectivity index (χ1) is 4.72. The van der Waals surface area contributed by atoms with E-state index in [0.29, 0.717) is 6.54 Å². The molecule has 0 aromatic heterocycles. The average Bonchev–Trinajstić information content (AvgIpc) is 1.85. The van der Waals surface area contributed by atoms with Crippen LogP contribution in [0.2, 0.25) is 0 Å². The van der Waals surface area contributed by atoms with E-state index in [4.69, 9.17) is 20.6 Å². The van der Waals surface area contributed by atoms with Gasteiger partial charge in [-0.05, 0) is 6.42 Å². The Kier molecular flexibility index (Phi) is 2.81. The Morgan fingerprint density at radius 1 is 1.60 bits per heavy atom. The van der Waals surface area contributed by atoms with E-state index in [1.54, 1.807) is 4.81 Å². The van der Waals surface area contributed by atoms with E-state index in [1.807, 2.05) is 0 Å². The highest BCUT2D eigenvalue weighted by molar-refractivity contribution is 6.12. The van der Waals surface area contributed by atoms with Crippen molar-refractivity contribution >= 4 is 15.8 Å². The minimum atomic E-state index is -0.205. The summed E-state index contributed by atoms with van der Waals surface area (Å²) in [5.41, 5.74) is 0. The lowest BCUT2D eigenvalue weighted by molar-refractivity contribution is -0.0252. The summed E-state index contributed by atoms with van der Waals surface area (Å²) in [6.45, 7) is 3.50. The second-order valence-electron chi connectivity index (χ2n) is 2.66. The molecule has 2 nitrogen and oxygen atoms in total. The molecule has 4 radical (unpaired) electrons. The van der Waals surface area contributed by atoms with Gasteiger partial charge in [0.1, 0.15) is 7.85 Å². The number of morpholine rings is 1. The summed E-state index contributed by atoms with van der Waals surface area (Å²) in [6, 6.07) is -0.205. The van der Waals surface area contributed by atoms with Crippen molar-refractivity contribution in [1.29, 1.82) is 0 Å². The summed E-state index contributed by atoms with van der Waals surface area (Å²) >= 11 is 0. The maximum Gasteiger partial charge on any atom is 0.182 e. The summed E-state index contributed by atoms with van der Waals surface area (Å²) in [5.74, 6) is 0. The molecule has 1 heterocycles. The number of nitrogens with zero attached hydrogens (tertiary/aromatic N) is 1. The predicted molar refractivity (Wildman–Crippen MR) is 42.0 cm³/mol. The van der Waals surface area contributed by atoms with Gasteiger partial charge in [0.15, 0.2) is 7.98 Å². The molecule has 0 amide bonds. The van der Waals surface area contributed by atoms with Crippen molar-refractivity contribution in [3.8, 4) is 0 Å². The summed E-state index contributed by atoms with van der Waals surface area (Å²) in [5, 5.41) is 0. The molecule has 52 valence electrons. The third kappa shape index (κ3) is 2.03. The van der Waals surface area contributed by atoms with Crippen LogP contribution in [0.4, 0.5) is 0 Å². The van der Waals surface area contributed by atoms with Crippen LogP contribution >= 0.6 is 0 Å². The number of ether oxygens (including phenoxy) is 1. The topological polar surface area (TPSA) is 12.5 Å². The normalized spacial score (nSPS) is 36.1. The summed E-state index contributed by atoms with van der Waals surface area (Å²) in [7, 11) is 11.1. The van der Waals surface area contributed by atoms with E-state index >= 15 is 0 Å². The van der Waals surface area contributed by atoms with Crippen molar-refractivity contribution in [2.45, 2.75) is 25.5 Å². The van der Waals surface area contributed by atoms with Gasteiger partial charge in [0.2, 0.25) is 0 Å². The fourth-order valence-electron chi connectivity index (χ4n) is 1.13. The molecule has 0 saturated carbocycles. The third-order valence-corrected chi connectivity index (χ3v) is 1.68. The summed E-state index contributed by atoms with van der Waals surface area (Å²) in [6.07, 6.45) is 1.19. The molecule has 4 heteroatoms. The van der Waals surface area contributed by atoms with E-state index in [2.05, 4.69) is 6.92 Å². The first-order valence-electron chi connectivity index (χ1n) is 3.63. The van der Waals surface area contributed by atoms with Crippen LogP contribution in [-0.2, 0) is 4.74 Å². The van der Waals surface area contributed by atoms with Crippen LogP contribution in [0.5, 0.6) is 0 Å². The molecule has 1 aliphatic rings. The molecular weight excluding hydrogens is 124 g/mol. The molecule has 0 spiro atoms. The Balaban J connectivity index is 2.35. The van der Waals surface area contributed by atoms with Crippen LogP contribution in [0.1, 0.15) is 13.3 Å². The van der Waals surface area contributed by atoms with Crippen molar-refractivity contribution < 1.29 is 4.74 Å². The number of hydrogen-bond donors (Lipinski definition) is 0. The van der Waals surface area contributed by atoms with E-state index < -0.39 is 0 Å². The largest absolute Gasteiger partial charge is 0.382 e. The van der Waals surface area contributed by atoms with E-state index in [9.17, 15) is 0 Å². The van der Waals surface area contributed by atoms with Gasteiger partial charge in [0, 0.05) is 19.1 Å². The van der Waals surface area contributed by atoms with E-state index in [0.717, 1.165) is 13.0 Å². The molecular formula is C6H11B2NO. The van der Waals surface area contributed by atoms with Gasteiger partial charge >= 0.3 is 0 Å². The van der Waals surface area contributed by atoms with Crippen molar-refractivity contribution in [2.24, 2.45) is 0 Å². The second-order valence-corrected chi connectivity index (χ2v) is 2.66. The molecule has 1 saturated heterocycles. The van der Waals surface area contributed by atoms with Crippen molar-refractivity contribution in [2.75, 3.05) is 13.1 Å². The third-order valence-electron chi connectivity index (χ3n) is 1.68. The molecule has 0 bridgehead atoms. The molecule has 0 N–H and O–H groups in total. The Morgan fingerprint density at radius 2 is 2.30 bits per heavy atom. The summed E-state index contributed by atoms with van der Waals surface area (Å²) < 4.78 is 5.36. The van der Waals surface area contributed by atoms with Crippen molar-refractivity contribution in [1.82, 2.24) is 4.81 Å². The van der Waals surface area contributed by atoms with E-state index in [1.165, 1.54) is 0 Å². The average molecular weight is 135 g/mol. The van der Waals surface area contributed by atoms with Gasteiger partial charge in [-0.2, -0.15) is 0 Å². The maximum absolute atomic E-state index is 5.56. The van der Waals surface area contributed by atoms with Crippen molar-refractivity contribution in [3.63, 3.8) is 0 Å². The van der Waals surface area contributed by atoms with Gasteiger partial charge in [-0.25, -0.2) is 0 Å². The Hall–Kier alpha value is 0.0499. The first-order valence-corrected chi connectivity index (χ1v) is 3.63. The summed E-state index contributed by atoms with van der Waals surface area (Å²) in [4.78, 5) is 1.71. The molecule has 0 aliphatic carbocycles. The smallest absolute Gasteiger partial charge is 0.182 e. The zero-order chi connectivity index (χ0) is 7.56. The fourth-order valence-corrected chi connectivity index (χ4v) is 1.13. The van der Waals surface area contributed by atoms with Crippen LogP contribution in [0.15, 0.2) is 0 Å². The Labute approximate surface area is 64.8 Å². The molecule has 1 rings (SSSR count). The van der Waals surface area contributed by atoms with Gasteiger partial charge in [-0.3, -0.25) is 0 Å². The molecule has 0 aromatic rings. The van der Waals surface area contributed by atoms with Crippen LogP contribution in [0.3, 0.4) is 0 Å².